The Kier molecular flexibility index (Phi) is 3.26. The van der Waals surface area contributed by atoms with E-state index < -0.39 is 15.9 Å². The van der Waals surface area contributed by atoms with Gasteiger partial charge in [-0.3, -0.25) is 9.35 Å². The molecule has 0 unspecified atom stereocenters. The molecule has 2 rings (SSSR count). The first-order chi connectivity index (χ1) is 8.82. The number of carbonyl (C=O) groups is 1. The second-order valence-corrected chi connectivity index (χ2v) is 5.61. The molecule has 1 N–H and O–H groups in total. The molecule has 0 aromatic heterocycles. The van der Waals surface area contributed by atoms with Crippen molar-refractivity contribution < 1.29 is 17.8 Å². The van der Waals surface area contributed by atoms with E-state index >= 15 is 0 Å². The van der Waals surface area contributed by atoms with Crippen molar-refractivity contribution in [2.75, 3.05) is 0 Å². The molecule has 0 aliphatic heterocycles. The first-order valence-corrected chi connectivity index (χ1v) is 6.96. The quantitative estimate of drug-likeness (QED) is 0.531. The molecule has 4 nitrogen and oxygen atoms in total. The summed E-state index contributed by atoms with van der Waals surface area (Å²) in [5, 5.41) is 0.950. The predicted molar refractivity (Wildman–Crippen MR) is 72.9 cm³/mol. The molecule has 0 amide bonds. The molecule has 98 valence electrons. The van der Waals surface area contributed by atoms with Crippen LogP contribution in [0.4, 0.5) is 0 Å². The fraction of sp³-hybridized carbons (Fsp3) is 0.0714. The van der Waals surface area contributed by atoms with Gasteiger partial charge in [0.15, 0.2) is 5.78 Å². The van der Waals surface area contributed by atoms with Gasteiger partial charge in [0, 0.05) is 10.9 Å². The first kappa shape index (κ1) is 13.5. The van der Waals surface area contributed by atoms with Crippen molar-refractivity contribution in [1.29, 1.82) is 0 Å². The molecule has 0 heterocycles. The lowest BCUT2D eigenvalue weighted by Crippen LogP contribution is -2.10. The zero-order valence-electron chi connectivity index (χ0n) is 10.3. The van der Waals surface area contributed by atoms with Crippen LogP contribution in [0.2, 0.25) is 0 Å². The molecule has 5 heteroatoms. The molecule has 0 fully saturated rings. The van der Waals surface area contributed by atoms with Gasteiger partial charge in [0.25, 0.3) is 10.1 Å². The predicted octanol–water partition coefficient (Wildman–Crippen LogP) is 2.85. The van der Waals surface area contributed by atoms with Crippen LogP contribution in [-0.2, 0) is 10.1 Å². The Balaban J connectivity index is 2.94. The van der Waals surface area contributed by atoms with Gasteiger partial charge in [-0.2, -0.15) is 8.42 Å². The number of allylic oxidation sites excluding steroid dienone is 1. The maximum Gasteiger partial charge on any atom is 0.295 e. The van der Waals surface area contributed by atoms with Gasteiger partial charge in [-0.05, 0) is 23.9 Å². The molecule has 2 aromatic carbocycles. The van der Waals surface area contributed by atoms with Gasteiger partial charge in [0.1, 0.15) is 4.90 Å². The number of benzene rings is 2. The van der Waals surface area contributed by atoms with Crippen LogP contribution in [0.3, 0.4) is 0 Å². The first-order valence-electron chi connectivity index (χ1n) is 5.52. The summed E-state index contributed by atoms with van der Waals surface area (Å²) in [6.07, 6.45) is 0. The third-order valence-electron chi connectivity index (χ3n) is 2.77. The van der Waals surface area contributed by atoms with Crippen LogP contribution < -0.4 is 0 Å². The maximum absolute atomic E-state index is 12.0. The SMILES string of the molecule is C=C(C)C(=O)c1ccc2ccccc2c1S(=O)(=O)O. The minimum Gasteiger partial charge on any atom is -0.289 e. The fourth-order valence-electron chi connectivity index (χ4n) is 1.93. The summed E-state index contributed by atoms with van der Waals surface area (Å²) in [4.78, 5) is 11.6. The van der Waals surface area contributed by atoms with E-state index in [-0.39, 0.29) is 16.0 Å². The second-order valence-electron chi connectivity index (χ2n) is 4.25. The van der Waals surface area contributed by atoms with Crippen LogP contribution in [0.1, 0.15) is 17.3 Å². The van der Waals surface area contributed by atoms with Crippen LogP contribution in [0, 0.1) is 0 Å². The van der Waals surface area contributed by atoms with E-state index in [1.807, 2.05) is 0 Å². The van der Waals surface area contributed by atoms with Gasteiger partial charge in [-0.15, -0.1) is 0 Å². The van der Waals surface area contributed by atoms with Crippen LogP contribution in [0.5, 0.6) is 0 Å². The Bertz CT molecular complexity index is 788. The molecule has 0 bridgehead atoms. The molecule has 0 spiro atoms. The van der Waals surface area contributed by atoms with Crippen LogP contribution in [0.25, 0.3) is 10.8 Å². The summed E-state index contributed by atoms with van der Waals surface area (Å²) >= 11 is 0. The van der Waals surface area contributed by atoms with Gasteiger partial charge in [0.2, 0.25) is 0 Å². The van der Waals surface area contributed by atoms with E-state index in [0.29, 0.717) is 10.8 Å². The highest BCUT2D eigenvalue weighted by atomic mass is 32.2. The summed E-state index contributed by atoms with van der Waals surface area (Å²) in [6.45, 7) is 5.00. The molecule has 0 saturated heterocycles. The molecule has 0 aliphatic rings. The van der Waals surface area contributed by atoms with E-state index in [0.717, 1.165) is 0 Å². The molecule has 0 aliphatic carbocycles. The Morgan fingerprint density at radius 3 is 2.37 bits per heavy atom. The Hall–Kier alpha value is -1.98. The van der Waals surface area contributed by atoms with Crippen molar-refractivity contribution in [3.63, 3.8) is 0 Å². The average molecular weight is 276 g/mol. The van der Waals surface area contributed by atoms with Crippen molar-refractivity contribution in [3.8, 4) is 0 Å². The zero-order chi connectivity index (χ0) is 14.2. The molecular formula is C14H12O4S. The normalized spacial score (nSPS) is 11.5. The summed E-state index contributed by atoms with van der Waals surface area (Å²) in [5.74, 6) is -0.502. The molecule has 2 aromatic rings. The third-order valence-corrected chi connectivity index (χ3v) is 3.73. The number of ketones is 1. The number of carbonyl (C=O) groups excluding carboxylic acids is 1. The van der Waals surface area contributed by atoms with E-state index in [1.54, 1.807) is 30.3 Å². The molecule has 0 atom stereocenters. The summed E-state index contributed by atoms with van der Waals surface area (Å²) in [5.41, 5.74) is 0.147. The third kappa shape index (κ3) is 2.43. The van der Waals surface area contributed by atoms with Gasteiger partial charge >= 0.3 is 0 Å². The van der Waals surface area contributed by atoms with E-state index in [4.69, 9.17) is 0 Å². The van der Waals surface area contributed by atoms with Crippen molar-refractivity contribution in [2.45, 2.75) is 11.8 Å². The van der Waals surface area contributed by atoms with E-state index in [1.165, 1.54) is 13.0 Å². The standard InChI is InChI=1S/C14H12O4S/c1-9(2)13(15)12-8-7-10-5-3-4-6-11(10)14(12)19(16,17)18/h3-8H,1H2,2H3,(H,16,17,18). The Labute approximate surface area is 111 Å². The van der Waals surface area contributed by atoms with Crippen molar-refractivity contribution >= 4 is 26.7 Å². The van der Waals surface area contributed by atoms with Crippen molar-refractivity contribution in [2.24, 2.45) is 0 Å². The average Bonchev–Trinajstić information content (AvgIpc) is 2.35. The summed E-state index contributed by atoms with van der Waals surface area (Å²) < 4.78 is 32.5. The maximum atomic E-state index is 12.0. The smallest absolute Gasteiger partial charge is 0.289 e. The highest BCUT2D eigenvalue weighted by Crippen LogP contribution is 2.28. The fourth-order valence-corrected chi connectivity index (χ4v) is 2.83. The minimum atomic E-state index is -4.50. The van der Waals surface area contributed by atoms with Gasteiger partial charge in [0.05, 0.1) is 0 Å². The minimum absolute atomic E-state index is 0.0614. The number of Topliss-reactive ketones (excluding diaryl/α,β-unsaturated/α-hetero) is 1. The number of hydrogen-bond donors (Lipinski definition) is 1. The molecule has 0 radical (unpaired) electrons. The van der Waals surface area contributed by atoms with E-state index in [2.05, 4.69) is 6.58 Å². The largest absolute Gasteiger partial charge is 0.295 e. The summed E-state index contributed by atoms with van der Waals surface area (Å²) in [7, 11) is -4.50. The van der Waals surface area contributed by atoms with Gasteiger partial charge in [-0.25, -0.2) is 0 Å². The topological polar surface area (TPSA) is 71.4 Å². The van der Waals surface area contributed by atoms with Crippen molar-refractivity contribution in [3.05, 3.63) is 54.1 Å². The van der Waals surface area contributed by atoms with Crippen LogP contribution in [0.15, 0.2) is 53.4 Å². The second kappa shape index (κ2) is 4.60. The van der Waals surface area contributed by atoms with E-state index in [9.17, 15) is 17.8 Å². The lowest BCUT2D eigenvalue weighted by molar-refractivity contribution is 0.103. The highest BCUT2D eigenvalue weighted by molar-refractivity contribution is 7.86. The zero-order valence-corrected chi connectivity index (χ0v) is 11.1. The van der Waals surface area contributed by atoms with Crippen LogP contribution >= 0.6 is 0 Å². The monoisotopic (exact) mass is 276 g/mol. The summed E-state index contributed by atoms with van der Waals surface area (Å²) in [6, 6.07) is 9.68. The number of fused-ring (bicyclic) bond motifs is 1. The molecule has 0 saturated carbocycles. The number of rotatable bonds is 3. The van der Waals surface area contributed by atoms with Gasteiger partial charge in [-0.1, -0.05) is 36.9 Å². The molecule has 19 heavy (non-hydrogen) atoms. The highest BCUT2D eigenvalue weighted by Gasteiger charge is 2.23. The Morgan fingerprint density at radius 2 is 1.79 bits per heavy atom. The van der Waals surface area contributed by atoms with Crippen LogP contribution in [-0.4, -0.2) is 18.8 Å². The van der Waals surface area contributed by atoms with Gasteiger partial charge < -0.3 is 0 Å². The molecular weight excluding hydrogens is 264 g/mol. The van der Waals surface area contributed by atoms with Crippen molar-refractivity contribution in [1.82, 2.24) is 0 Å². The number of hydrogen-bond acceptors (Lipinski definition) is 3. The lowest BCUT2D eigenvalue weighted by Gasteiger charge is -2.09. The Morgan fingerprint density at radius 1 is 1.16 bits per heavy atom. The lowest BCUT2D eigenvalue weighted by atomic mass is 10.0.